The molecular weight excluding hydrogens is 273 g/mol. The van der Waals surface area contributed by atoms with Gasteiger partial charge in [0.15, 0.2) is 0 Å². The lowest BCUT2D eigenvalue weighted by atomic mass is 10.1. The van der Waals surface area contributed by atoms with Crippen molar-refractivity contribution in [2.45, 2.75) is 19.4 Å². The Morgan fingerprint density at radius 1 is 1.43 bits per heavy atom. The molecule has 2 aromatic heterocycles. The van der Waals surface area contributed by atoms with Gasteiger partial charge in [0, 0.05) is 23.9 Å². The van der Waals surface area contributed by atoms with Crippen LogP contribution in [0.1, 0.15) is 23.2 Å². The number of imidazole rings is 1. The molecule has 7 heteroatoms. The van der Waals surface area contributed by atoms with Crippen molar-refractivity contribution < 1.29 is 8.91 Å². The van der Waals surface area contributed by atoms with Gasteiger partial charge < -0.3 is 15.2 Å². The highest BCUT2D eigenvalue weighted by Crippen LogP contribution is 2.23. The number of H-pyrrole nitrogens is 1. The maximum absolute atomic E-state index is 13.1. The molecule has 0 radical (unpaired) electrons. The quantitative estimate of drug-likeness (QED) is 0.766. The van der Waals surface area contributed by atoms with Crippen molar-refractivity contribution in [3.63, 3.8) is 0 Å². The summed E-state index contributed by atoms with van der Waals surface area (Å²) >= 11 is 0. The van der Waals surface area contributed by atoms with Gasteiger partial charge in [-0.25, -0.2) is 9.37 Å². The van der Waals surface area contributed by atoms with Crippen molar-refractivity contribution in [1.82, 2.24) is 20.1 Å². The second-order valence-corrected chi connectivity index (χ2v) is 4.80. The van der Waals surface area contributed by atoms with Crippen LogP contribution in [0.5, 0.6) is 0 Å². The van der Waals surface area contributed by atoms with Gasteiger partial charge in [-0.2, -0.15) is 4.98 Å². The first-order chi connectivity index (χ1) is 10.1. The number of hydrogen-bond acceptors (Lipinski definition) is 5. The van der Waals surface area contributed by atoms with Crippen LogP contribution < -0.4 is 5.73 Å². The van der Waals surface area contributed by atoms with Gasteiger partial charge in [0.05, 0.1) is 12.4 Å². The molecule has 0 amide bonds. The first-order valence-electron chi connectivity index (χ1n) is 6.46. The Bertz CT molecular complexity index is 738. The highest BCUT2D eigenvalue weighted by atomic mass is 19.1. The van der Waals surface area contributed by atoms with Crippen LogP contribution in [0, 0.1) is 12.7 Å². The molecule has 3 N–H and O–H groups in total. The van der Waals surface area contributed by atoms with Crippen LogP contribution in [0.25, 0.3) is 11.4 Å². The Labute approximate surface area is 120 Å². The van der Waals surface area contributed by atoms with Gasteiger partial charge in [0.1, 0.15) is 5.82 Å². The Balaban J connectivity index is 1.82. The predicted octanol–water partition coefficient (Wildman–Crippen LogP) is 2.15. The van der Waals surface area contributed by atoms with Crippen molar-refractivity contribution in [1.29, 1.82) is 0 Å². The van der Waals surface area contributed by atoms with Gasteiger partial charge in [0.25, 0.3) is 0 Å². The number of aromatic amines is 1. The monoisotopic (exact) mass is 287 g/mol. The van der Waals surface area contributed by atoms with Gasteiger partial charge >= 0.3 is 0 Å². The fourth-order valence-corrected chi connectivity index (χ4v) is 2.09. The molecule has 0 saturated heterocycles. The summed E-state index contributed by atoms with van der Waals surface area (Å²) in [5, 5.41) is 3.91. The van der Waals surface area contributed by atoms with E-state index in [4.69, 9.17) is 10.3 Å². The lowest BCUT2D eigenvalue weighted by Gasteiger charge is -2.03. The third kappa shape index (κ3) is 2.82. The zero-order valence-electron chi connectivity index (χ0n) is 11.4. The van der Waals surface area contributed by atoms with Crippen LogP contribution >= 0.6 is 0 Å². The molecular formula is C14H14FN5O. The highest BCUT2D eigenvalue weighted by Gasteiger charge is 2.17. The first kappa shape index (κ1) is 13.4. The first-order valence-corrected chi connectivity index (χ1v) is 6.46. The third-order valence-electron chi connectivity index (χ3n) is 3.18. The van der Waals surface area contributed by atoms with Crippen LogP contribution in [0.15, 0.2) is 35.2 Å². The highest BCUT2D eigenvalue weighted by molar-refractivity contribution is 5.59. The minimum absolute atomic E-state index is 0.295. The summed E-state index contributed by atoms with van der Waals surface area (Å²) in [5.74, 6) is 0.446. The number of aryl methyl sites for hydroxylation is 1. The van der Waals surface area contributed by atoms with Gasteiger partial charge in [-0.1, -0.05) is 5.16 Å². The molecule has 0 aliphatic heterocycles. The summed E-state index contributed by atoms with van der Waals surface area (Å²) in [7, 11) is 0. The molecule has 0 spiro atoms. The molecule has 0 unspecified atom stereocenters. The summed E-state index contributed by atoms with van der Waals surface area (Å²) in [4.78, 5) is 11.2. The van der Waals surface area contributed by atoms with Gasteiger partial charge in [-0.05, 0) is 30.7 Å². The van der Waals surface area contributed by atoms with E-state index in [1.54, 1.807) is 25.5 Å². The lowest BCUT2D eigenvalue weighted by molar-refractivity contribution is 0.354. The Morgan fingerprint density at radius 3 is 3.00 bits per heavy atom. The van der Waals surface area contributed by atoms with E-state index >= 15 is 0 Å². The SMILES string of the molecule is Cc1cc(F)ccc1-c1noc([C@@H](N)Cc2cnc[nH]2)n1. The summed E-state index contributed by atoms with van der Waals surface area (Å²) < 4.78 is 18.3. The molecule has 0 saturated carbocycles. The fourth-order valence-electron chi connectivity index (χ4n) is 2.09. The van der Waals surface area contributed by atoms with Crippen LogP contribution in [-0.4, -0.2) is 20.1 Å². The Hall–Kier alpha value is -2.54. The molecule has 0 aliphatic rings. The molecule has 6 nitrogen and oxygen atoms in total. The molecule has 0 fully saturated rings. The number of nitrogens with two attached hydrogens (primary N) is 1. The number of benzene rings is 1. The van der Waals surface area contributed by atoms with E-state index in [-0.39, 0.29) is 5.82 Å². The molecule has 2 heterocycles. The average Bonchev–Trinajstić information content (AvgIpc) is 3.09. The molecule has 3 rings (SSSR count). The second kappa shape index (κ2) is 5.45. The van der Waals surface area contributed by atoms with E-state index in [1.165, 1.54) is 12.1 Å². The average molecular weight is 287 g/mol. The van der Waals surface area contributed by atoms with Gasteiger partial charge in [-0.3, -0.25) is 0 Å². The van der Waals surface area contributed by atoms with E-state index in [0.717, 1.165) is 16.8 Å². The van der Waals surface area contributed by atoms with Crippen molar-refractivity contribution in [3.8, 4) is 11.4 Å². The third-order valence-corrected chi connectivity index (χ3v) is 3.18. The molecule has 0 aliphatic carbocycles. The number of halogens is 1. The minimum Gasteiger partial charge on any atom is -0.348 e. The number of rotatable bonds is 4. The topological polar surface area (TPSA) is 93.6 Å². The Morgan fingerprint density at radius 2 is 2.29 bits per heavy atom. The van der Waals surface area contributed by atoms with Crippen LogP contribution in [-0.2, 0) is 6.42 Å². The summed E-state index contributed by atoms with van der Waals surface area (Å²) in [6, 6.07) is 3.99. The summed E-state index contributed by atoms with van der Waals surface area (Å²) in [6.45, 7) is 1.79. The molecule has 1 atom stereocenters. The largest absolute Gasteiger partial charge is 0.348 e. The minimum atomic E-state index is -0.424. The number of nitrogens with zero attached hydrogens (tertiary/aromatic N) is 3. The molecule has 1 aromatic carbocycles. The smallest absolute Gasteiger partial charge is 0.244 e. The van der Waals surface area contributed by atoms with Gasteiger partial charge in [0.2, 0.25) is 11.7 Å². The summed E-state index contributed by atoms with van der Waals surface area (Å²) in [6.07, 6.45) is 3.80. The molecule has 0 bridgehead atoms. The maximum atomic E-state index is 13.1. The van der Waals surface area contributed by atoms with Crippen LogP contribution in [0.4, 0.5) is 4.39 Å². The summed E-state index contributed by atoms with van der Waals surface area (Å²) in [5.41, 5.74) is 8.39. The number of nitrogens with one attached hydrogen (secondary N) is 1. The predicted molar refractivity (Wildman–Crippen MR) is 73.6 cm³/mol. The fraction of sp³-hybridized carbons (Fsp3) is 0.214. The number of hydrogen-bond donors (Lipinski definition) is 2. The van der Waals surface area contributed by atoms with Crippen LogP contribution in [0.3, 0.4) is 0 Å². The normalized spacial score (nSPS) is 12.5. The van der Waals surface area contributed by atoms with E-state index < -0.39 is 6.04 Å². The van der Waals surface area contributed by atoms with E-state index in [2.05, 4.69) is 20.1 Å². The van der Waals surface area contributed by atoms with E-state index in [9.17, 15) is 4.39 Å². The van der Waals surface area contributed by atoms with Gasteiger partial charge in [-0.15, -0.1) is 0 Å². The second-order valence-electron chi connectivity index (χ2n) is 4.80. The number of aromatic nitrogens is 4. The van der Waals surface area contributed by atoms with Crippen molar-refractivity contribution in [2.75, 3.05) is 0 Å². The molecule has 3 aromatic rings. The standard InChI is InChI=1S/C14H14FN5O/c1-8-4-9(15)2-3-11(8)13-19-14(21-20-13)12(16)5-10-6-17-7-18-10/h2-4,6-7,12H,5,16H2,1H3,(H,17,18)/t12-/m0/s1. The van der Waals surface area contributed by atoms with E-state index in [0.29, 0.717) is 18.1 Å². The zero-order valence-corrected chi connectivity index (χ0v) is 11.4. The van der Waals surface area contributed by atoms with Crippen molar-refractivity contribution in [3.05, 3.63) is 53.7 Å². The molecule has 21 heavy (non-hydrogen) atoms. The zero-order chi connectivity index (χ0) is 14.8. The van der Waals surface area contributed by atoms with Crippen molar-refractivity contribution in [2.24, 2.45) is 5.73 Å². The Kier molecular flexibility index (Phi) is 3.49. The van der Waals surface area contributed by atoms with Crippen molar-refractivity contribution >= 4 is 0 Å². The lowest BCUT2D eigenvalue weighted by Crippen LogP contribution is -2.14. The maximum Gasteiger partial charge on any atom is 0.244 e. The van der Waals surface area contributed by atoms with Crippen LogP contribution in [0.2, 0.25) is 0 Å². The molecule has 108 valence electrons. The van der Waals surface area contributed by atoms with E-state index in [1.807, 2.05) is 0 Å².